The third-order valence-electron chi connectivity index (χ3n) is 5.52. The molecule has 0 unspecified atom stereocenters. The van der Waals surface area contributed by atoms with E-state index in [-0.39, 0.29) is 0 Å². The minimum absolute atomic E-state index is 0.352. The van der Waals surface area contributed by atoms with Crippen LogP contribution in [-0.2, 0) is 24.4 Å². The predicted octanol–water partition coefficient (Wildman–Crippen LogP) is 6.39. The molecule has 0 amide bonds. The van der Waals surface area contributed by atoms with Crippen molar-refractivity contribution in [3.8, 4) is 11.1 Å². The topological polar surface area (TPSA) is 42.4 Å². The molecule has 0 N–H and O–H groups in total. The Kier molecular flexibility index (Phi) is 7.45. The van der Waals surface area contributed by atoms with Crippen molar-refractivity contribution in [2.45, 2.75) is 26.6 Å². The zero-order valence-corrected chi connectivity index (χ0v) is 19.7. The maximum atomic E-state index is 13.8. The normalized spacial score (nSPS) is 11.1. The van der Waals surface area contributed by atoms with E-state index in [2.05, 4.69) is 9.88 Å². The van der Waals surface area contributed by atoms with Gasteiger partial charge in [-0.25, -0.2) is 13.6 Å². The Morgan fingerprint density at radius 2 is 1.68 bits per heavy atom. The van der Waals surface area contributed by atoms with Gasteiger partial charge in [0.25, 0.3) is 0 Å². The summed E-state index contributed by atoms with van der Waals surface area (Å²) < 4.78 is 32.6. The number of aryl methyl sites for hydroxylation is 1. The average molecular weight is 479 g/mol. The van der Waals surface area contributed by atoms with Crippen LogP contribution in [0.5, 0.6) is 0 Å². The van der Waals surface area contributed by atoms with Gasteiger partial charge in [0, 0.05) is 36.8 Å². The van der Waals surface area contributed by atoms with Crippen LogP contribution in [0, 0.1) is 18.6 Å². The quantitative estimate of drug-likeness (QED) is 0.275. The third-order valence-corrected chi connectivity index (χ3v) is 6.29. The van der Waals surface area contributed by atoms with E-state index in [0.717, 1.165) is 33.2 Å². The van der Waals surface area contributed by atoms with Gasteiger partial charge in [-0.1, -0.05) is 30.3 Å². The first-order valence-electron chi connectivity index (χ1n) is 10.7. The van der Waals surface area contributed by atoms with Crippen molar-refractivity contribution >= 4 is 17.3 Å². The zero-order chi connectivity index (χ0) is 24.1. The molecule has 1 aromatic heterocycles. The summed E-state index contributed by atoms with van der Waals surface area (Å²) in [5, 5.41) is 0. The SMILES string of the molecule is COC(=O)c1ccc(CN(Cc2cc(F)cc(F)c2)Cc2cncs2)cc1-c1ccccc1C. The number of benzene rings is 3. The zero-order valence-electron chi connectivity index (χ0n) is 18.9. The van der Waals surface area contributed by atoms with Gasteiger partial charge in [0.05, 0.1) is 18.2 Å². The second-order valence-corrected chi connectivity index (χ2v) is 9.05. The smallest absolute Gasteiger partial charge is 0.338 e. The van der Waals surface area contributed by atoms with Crippen LogP contribution in [0.1, 0.15) is 31.9 Å². The highest BCUT2D eigenvalue weighted by atomic mass is 32.1. The van der Waals surface area contributed by atoms with Crippen LogP contribution in [0.4, 0.5) is 8.78 Å². The van der Waals surface area contributed by atoms with Gasteiger partial charge in [-0.3, -0.25) is 9.88 Å². The predicted molar refractivity (Wildman–Crippen MR) is 129 cm³/mol. The number of aromatic nitrogens is 1. The highest BCUT2D eigenvalue weighted by Gasteiger charge is 2.17. The lowest BCUT2D eigenvalue weighted by Gasteiger charge is -2.23. The fraction of sp³-hybridized carbons (Fsp3) is 0.185. The number of esters is 1. The number of halogens is 2. The molecule has 34 heavy (non-hydrogen) atoms. The molecular weight excluding hydrogens is 454 g/mol. The number of rotatable bonds is 8. The van der Waals surface area contributed by atoms with E-state index in [9.17, 15) is 13.6 Å². The molecule has 0 atom stereocenters. The summed E-state index contributed by atoms with van der Waals surface area (Å²) in [6, 6.07) is 17.1. The van der Waals surface area contributed by atoms with Crippen LogP contribution in [0.25, 0.3) is 11.1 Å². The van der Waals surface area contributed by atoms with Crippen LogP contribution >= 0.6 is 11.3 Å². The molecule has 4 rings (SSSR count). The van der Waals surface area contributed by atoms with Crippen LogP contribution in [0.3, 0.4) is 0 Å². The molecule has 3 aromatic carbocycles. The summed E-state index contributed by atoms with van der Waals surface area (Å²) in [6.07, 6.45) is 1.79. The molecule has 0 aliphatic carbocycles. The third kappa shape index (κ3) is 5.73. The Hall–Kier alpha value is -3.42. The molecular formula is C27H24F2N2O2S. The van der Waals surface area contributed by atoms with Gasteiger partial charge in [-0.2, -0.15) is 0 Å². The van der Waals surface area contributed by atoms with Crippen LogP contribution in [0.2, 0.25) is 0 Å². The molecule has 0 saturated heterocycles. The second-order valence-electron chi connectivity index (χ2n) is 8.08. The van der Waals surface area contributed by atoms with E-state index in [1.807, 2.05) is 43.3 Å². The number of methoxy groups -OCH3 is 1. The van der Waals surface area contributed by atoms with Crippen molar-refractivity contribution in [3.05, 3.63) is 111 Å². The molecule has 7 heteroatoms. The van der Waals surface area contributed by atoms with Gasteiger partial charge in [0.15, 0.2) is 0 Å². The molecule has 0 bridgehead atoms. The minimum atomic E-state index is -0.600. The number of hydrogen-bond donors (Lipinski definition) is 0. The van der Waals surface area contributed by atoms with E-state index < -0.39 is 17.6 Å². The van der Waals surface area contributed by atoms with Crippen molar-refractivity contribution in [2.75, 3.05) is 7.11 Å². The molecule has 0 fully saturated rings. The maximum absolute atomic E-state index is 13.8. The molecule has 4 nitrogen and oxygen atoms in total. The number of carbonyl (C=O) groups is 1. The van der Waals surface area contributed by atoms with E-state index in [1.54, 1.807) is 17.8 Å². The first-order valence-corrected chi connectivity index (χ1v) is 11.6. The molecule has 174 valence electrons. The molecule has 4 aromatic rings. The lowest BCUT2D eigenvalue weighted by molar-refractivity contribution is 0.0601. The number of nitrogens with zero attached hydrogens (tertiary/aromatic N) is 2. The first-order chi connectivity index (χ1) is 16.4. The van der Waals surface area contributed by atoms with E-state index in [0.29, 0.717) is 30.8 Å². The fourth-order valence-electron chi connectivity index (χ4n) is 4.00. The van der Waals surface area contributed by atoms with Crippen LogP contribution < -0.4 is 0 Å². The monoisotopic (exact) mass is 478 g/mol. The highest BCUT2D eigenvalue weighted by molar-refractivity contribution is 7.09. The van der Waals surface area contributed by atoms with Crippen molar-refractivity contribution in [2.24, 2.45) is 0 Å². The lowest BCUT2D eigenvalue weighted by atomic mass is 9.94. The van der Waals surface area contributed by atoms with Gasteiger partial charge in [0.2, 0.25) is 0 Å². The largest absolute Gasteiger partial charge is 0.465 e. The number of thiazole rings is 1. The second kappa shape index (κ2) is 10.7. The van der Waals surface area contributed by atoms with E-state index in [1.165, 1.54) is 30.6 Å². The summed E-state index contributed by atoms with van der Waals surface area (Å²) in [4.78, 5) is 19.7. The van der Waals surface area contributed by atoms with Crippen LogP contribution in [0.15, 0.2) is 72.4 Å². The van der Waals surface area contributed by atoms with Crippen molar-refractivity contribution < 1.29 is 18.3 Å². The molecule has 0 aliphatic heterocycles. The van der Waals surface area contributed by atoms with Gasteiger partial charge in [-0.05, 0) is 59.0 Å². The summed E-state index contributed by atoms with van der Waals surface area (Å²) in [5.74, 6) is -1.60. The summed E-state index contributed by atoms with van der Waals surface area (Å²) in [7, 11) is 1.37. The molecule has 0 radical (unpaired) electrons. The summed E-state index contributed by atoms with van der Waals surface area (Å²) >= 11 is 1.53. The number of hydrogen-bond acceptors (Lipinski definition) is 5. The number of ether oxygens (including phenoxy) is 1. The average Bonchev–Trinajstić information content (AvgIpc) is 3.31. The molecule has 1 heterocycles. The Morgan fingerprint density at radius 3 is 2.35 bits per heavy atom. The van der Waals surface area contributed by atoms with Crippen molar-refractivity contribution in [1.82, 2.24) is 9.88 Å². The Morgan fingerprint density at radius 1 is 0.941 bits per heavy atom. The van der Waals surface area contributed by atoms with Crippen molar-refractivity contribution in [3.63, 3.8) is 0 Å². The Balaban J connectivity index is 1.69. The van der Waals surface area contributed by atoms with Gasteiger partial charge < -0.3 is 4.74 Å². The van der Waals surface area contributed by atoms with E-state index >= 15 is 0 Å². The standard InChI is InChI=1S/C27H24F2N2O2S/c1-18-5-3-4-6-24(18)26-11-19(7-8-25(26)27(32)33-2)14-31(16-23-13-30-17-34-23)15-20-9-21(28)12-22(29)10-20/h3-13,17H,14-16H2,1-2H3. The Labute approximate surface area is 201 Å². The lowest BCUT2D eigenvalue weighted by Crippen LogP contribution is -2.22. The van der Waals surface area contributed by atoms with Gasteiger partial charge >= 0.3 is 5.97 Å². The molecule has 0 saturated carbocycles. The van der Waals surface area contributed by atoms with Gasteiger partial charge in [-0.15, -0.1) is 11.3 Å². The summed E-state index contributed by atoms with van der Waals surface area (Å²) in [5.41, 5.74) is 6.54. The minimum Gasteiger partial charge on any atom is -0.465 e. The van der Waals surface area contributed by atoms with Crippen molar-refractivity contribution in [1.29, 1.82) is 0 Å². The van der Waals surface area contributed by atoms with Crippen LogP contribution in [-0.4, -0.2) is 23.0 Å². The molecule has 0 aliphatic rings. The Bertz CT molecular complexity index is 1270. The fourth-order valence-corrected chi connectivity index (χ4v) is 4.64. The highest BCUT2D eigenvalue weighted by Crippen LogP contribution is 2.29. The summed E-state index contributed by atoms with van der Waals surface area (Å²) in [6.45, 7) is 3.43. The molecule has 0 spiro atoms. The maximum Gasteiger partial charge on any atom is 0.338 e. The first kappa shape index (κ1) is 23.7. The van der Waals surface area contributed by atoms with E-state index in [4.69, 9.17) is 4.74 Å². The number of carbonyl (C=O) groups excluding carboxylic acids is 1. The van der Waals surface area contributed by atoms with Gasteiger partial charge in [0.1, 0.15) is 11.6 Å².